The van der Waals surface area contributed by atoms with Crippen molar-refractivity contribution in [1.82, 2.24) is 4.90 Å². The zero-order valence-corrected chi connectivity index (χ0v) is 10.8. The van der Waals surface area contributed by atoms with Crippen molar-refractivity contribution in [3.63, 3.8) is 0 Å². The van der Waals surface area contributed by atoms with Crippen LogP contribution >= 0.6 is 0 Å². The van der Waals surface area contributed by atoms with Gasteiger partial charge < -0.3 is 14.9 Å². The molecule has 2 unspecified atom stereocenters. The second-order valence-corrected chi connectivity index (χ2v) is 6.19. The number of carbonyl (C=O) groups is 2. The molecule has 0 aromatic rings. The molecule has 0 bridgehead atoms. The first-order valence-corrected chi connectivity index (χ1v) is 6.05. The molecule has 0 aromatic heterocycles. The van der Waals surface area contributed by atoms with Gasteiger partial charge in [0.25, 0.3) is 0 Å². The molecule has 1 saturated carbocycles. The summed E-state index contributed by atoms with van der Waals surface area (Å²) in [6.45, 7) is 5.13. The minimum atomic E-state index is -1.04. The monoisotopic (exact) mass is 257 g/mol. The molecule has 2 rings (SSSR count). The number of piperidine rings is 1. The number of nitrogens with zero attached hydrogens (tertiary/aromatic N) is 1. The molecule has 102 valence electrons. The van der Waals surface area contributed by atoms with Crippen LogP contribution in [0.4, 0.5) is 4.79 Å². The standard InChI is InChI=1S/C12H19NO5/c1-11(2,3)18-10(17)13-7(9(15)16)4-12(6-14)5-8(12)13/h7-8,14H,4-6H2,1-3H3,(H,15,16)/t7-,8?,12?/m0/s1. The minimum Gasteiger partial charge on any atom is -0.480 e. The van der Waals surface area contributed by atoms with Gasteiger partial charge in [0.15, 0.2) is 0 Å². The number of carbonyl (C=O) groups excluding carboxylic acids is 1. The number of likely N-dealkylation sites (tertiary alicyclic amines) is 1. The molecule has 2 aliphatic rings. The number of fused-ring (bicyclic) bond motifs is 1. The molecule has 1 heterocycles. The van der Waals surface area contributed by atoms with Crippen molar-refractivity contribution in [2.45, 2.75) is 51.3 Å². The quantitative estimate of drug-likeness (QED) is 0.765. The molecule has 1 saturated heterocycles. The first kappa shape index (κ1) is 13.1. The van der Waals surface area contributed by atoms with E-state index >= 15 is 0 Å². The summed E-state index contributed by atoms with van der Waals surface area (Å²) in [5.74, 6) is -1.04. The van der Waals surface area contributed by atoms with Crippen molar-refractivity contribution in [2.24, 2.45) is 5.41 Å². The maximum Gasteiger partial charge on any atom is 0.411 e. The Labute approximate surface area is 106 Å². The summed E-state index contributed by atoms with van der Waals surface area (Å²) in [4.78, 5) is 24.5. The van der Waals surface area contributed by atoms with Crippen LogP contribution in [0.15, 0.2) is 0 Å². The molecule has 0 aromatic carbocycles. The number of hydrogen-bond acceptors (Lipinski definition) is 4. The van der Waals surface area contributed by atoms with E-state index < -0.39 is 29.1 Å². The third kappa shape index (κ3) is 2.05. The predicted octanol–water partition coefficient (Wildman–Crippen LogP) is 0.831. The lowest BCUT2D eigenvalue weighted by atomic mass is 10.0. The van der Waals surface area contributed by atoms with E-state index in [4.69, 9.17) is 9.84 Å². The highest BCUT2D eigenvalue weighted by molar-refractivity contribution is 5.82. The average Bonchev–Trinajstić information content (AvgIpc) is 2.82. The topological polar surface area (TPSA) is 87.1 Å². The molecule has 1 aliphatic carbocycles. The number of aliphatic carboxylic acids is 1. The Kier molecular flexibility index (Phi) is 2.81. The molecule has 6 nitrogen and oxygen atoms in total. The lowest BCUT2D eigenvalue weighted by Gasteiger charge is -2.28. The molecule has 0 spiro atoms. The highest BCUT2D eigenvalue weighted by atomic mass is 16.6. The lowest BCUT2D eigenvalue weighted by Crippen LogP contribution is -2.45. The molecule has 6 heteroatoms. The van der Waals surface area contributed by atoms with Gasteiger partial charge in [-0.05, 0) is 33.6 Å². The zero-order chi connectivity index (χ0) is 13.7. The van der Waals surface area contributed by atoms with Crippen LogP contribution in [-0.4, -0.2) is 51.5 Å². The van der Waals surface area contributed by atoms with Crippen LogP contribution in [0.25, 0.3) is 0 Å². The van der Waals surface area contributed by atoms with E-state index in [9.17, 15) is 14.7 Å². The second-order valence-electron chi connectivity index (χ2n) is 6.19. The number of carboxylic acids is 1. The molecule has 0 radical (unpaired) electrons. The molecular weight excluding hydrogens is 238 g/mol. The summed E-state index contributed by atoms with van der Waals surface area (Å²) in [7, 11) is 0. The van der Waals surface area contributed by atoms with Crippen LogP contribution < -0.4 is 0 Å². The third-order valence-corrected chi connectivity index (χ3v) is 3.62. The number of aliphatic hydroxyl groups is 1. The molecule has 18 heavy (non-hydrogen) atoms. The summed E-state index contributed by atoms with van der Waals surface area (Å²) >= 11 is 0. The fraction of sp³-hybridized carbons (Fsp3) is 0.833. The second kappa shape index (κ2) is 3.85. The van der Waals surface area contributed by atoms with Crippen molar-refractivity contribution < 1.29 is 24.5 Å². The lowest BCUT2D eigenvalue weighted by molar-refractivity contribution is -0.142. The number of amides is 1. The first-order chi connectivity index (χ1) is 8.20. The van der Waals surface area contributed by atoms with Gasteiger partial charge in [0.2, 0.25) is 0 Å². The number of carboxylic acid groups (broad SMARTS) is 1. The van der Waals surface area contributed by atoms with Gasteiger partial charge >= 0.3 is 12.1 Å². The largest absolute Gasteiger partial charge is 0.480 e. The van der Waals surface area contributed by atoms with Crippen molar-refractivity contribution in [2.75, 3.05) is 6.61 Å². The summed E-state index contributed by atoms with van der Waals surface area (Å²) in [6, 6.07) is -1.08. The van der Waals surface area contributed by atoms with Crippen LogP contribution in [0.2, 0.25) is 0 Å². The molecule has 2 N–H and O–H groups in total. The maximum atomic E-state index is 12.0. The number of aliphatic hydroxyl groups excluding tert-OH is 1. The van der Waals surface area contributed by atoms with Crippen LogP contribution in [0, 0.1) is 5.41 Å². The highest BCUT2D eigenvalue weighted by Gasteiger charge is 2.67. The summed E-state index contributed by atoms with van der Waals surface area (Å²) in [5, 5.41) is 18.5. The number of rotatable bonds is 2. The zero-order valence-electron chi connectivity index (χ0n) is 10.8. The molecule has 2 fully saturated rings. The Morgan fingerprint density at radius 3 is 2.44 bits per heavy atom. The van der Waals surface area contributed by atoms with E-state index in [1.165, 1.54) is 4.90 Å². The molecule has 3 atom stereocenters. The van der Waals surface area contributed by atoms with E-state index in [1.807, 2.05) is 0 Å². The van der Waals surface area contributed by atoms with E-state index in [1.54, 1.807) is 20.8 Å². The van der Waals surface area contributed by atoms with Crippen LogP contribution in [0.1, 0.15) is 33.6 Å². The Morgan fingerprint density at radius 1 is 1.39 bits per heavy atom. The van der Waals surface area contributed by atoms with Gasteiger partial charge in [-0.25, -0.2) is 9.59 Å². The van der Waals surface area contributed by atoms with E-state index in [0.717, 1.165) is 0 Å². The van der Waals surface area contributed by atoms with Gasteiger partial charge in [0.05, 0.1) is 6.61 Å². The van der Waals surface area contributed by atoms with Gasteiger partial charge in [-0.1, -0.05) is 0 Å². The van der Waals surface area contributed by atoms with Crippen molar-refractivity contribution >= 4 is 12.1 Å². The van der Waals surface area contributed by atoms with Gasteiger partial charge in [0.1, 0.15) is 11.6 Å². The van der Waals surface area contributed by atoms with Crippen molar-refractivity contribution in [3.8, 4) is 0 Å². The van der Waals surface area contributed by atoms with Gasteiger partial charge in [0, 0.05) is 11.5 Å². The van der Waals surface area contributed by atoms with Crippen LogP contribution in [0.5, 0.6) is 0 Å². The van der Waals surface area contributed by atoms with Crippen molar-refractivity contribution in [3.05, 3.63) is 0 Å². The smallest absolute Gasteiger partial charge is 0.411 e. The van der Waals surface area contributed by atoms with E-state index in [0.29, 0.717) is 12.8 Å². The summed E-state index contributed by atoms with van der Waals surface area (Å²) in [5.41, 5.74) is -1.07. The van der Waals surface area contributed by atoms with Crippen molar-refractivity contribution in [1.29, 1.82) is 0 Å². The Balaban J connectivity index is 2.15. The first-order valence-electron chi connectivity index (χ1n) is 6.05. The molecule has 1 aliphatic heterocycles. The van der Waals surface area contributed by atoms with Crippen LogP contribution in [-0.2, 0) is 9.53 Å². The Bertz CT molecular complexity index is 388. The minimum absolute atomic E-state index is 0.0826. The van der Waals surface area contributed by atoms with Gasteiger partial charge in [-0.2, -0.15) is 0 Å². The highest BCUT2D eigenvalue weighted by Crippen LogP contribution is 2.59. The number of hydrogen-bond donors (Lipinski definition) is 2. The van der Waals surface area contributed by atoms with E-state index in [-0.39, 0.29) is 12.6 Å². The Hall–Kier alpha value is -1.30. The van der Waals surface area contributed by atoms with E-state index in [2.05, 4.69) is 0 Å². The normalized spacial score (nSPS) is 34.1. The van der Waals surface area contributed by atoms with Gasteiger partial charge in [-0.3, -0.25) is 4.90 Å². The van der Waals surface area contributed by atoms with Crippen LogP contribution in [0.3, 0.4) is 0 Å². The van der Waals surface area contributed by atoms with Gasteiger partial charge in [-0.15, -0.1) is 0 Å². The SMILES string of the molecule is CC(C)(C)OC(=O)N1C2CC2(CO)C[C@H]1C(=O)O. The predicted molar refractivity (Wildman–Crippen MR) is 62.0 cm³/mol. The Morgan fingerprint density at radius 2 is 2.00 bits per heavy atom. The maximum absolute atomic E-state index is 12.0. The fourth-order valence-corrected chi connectivity index (χ4v) is 2.65. The third-order valence-electron chi connectivity index (χ3n) is 3.62. The summed E-state index contributed by atoms with van der Waals surface area (Å²) < 4.78 is 5.23. The fourth-order valence-electron chi connectivity index (χ4n) is 2.65. The average molecular weight is 257 g/mol. The number of ether oxygens (including phenoxy) is 1. The molecule has 1 amide bonds. The summed E-state index contributed by atoms with van der Waals surface area (Å²) in [6.07, 6.45) is 0.364. The molecular formula is C12H19NO5.